The van der Waals surface area contributed by atoms with Gasteiger partial charge >= 0.3 is 0 Å². The Morgan fingerprint density at radius 3 is 2.90 bits per heavy atom. The molecular weight excluding hydrogens is 266 g/mol. The Bertz CT molecular complexity index is 660. The monoisotopic (exact) mass is 283 g/mol. The minimum atomic E-state index is -0.391. The van der Waals surface area contributed by atoms with Gasteiger partial charge in [-0.25, -0.2) is 0 Å². The first-order valence-corrected chi connectivity index (χ1v) is 7.24. The van der Waals surface area contributed by atoms with Crippen molar-refractivity contribution in [2.75, 3.05) is 6.54 Å². The average molecular weight is 283 g/mol. The summed E-state index contributed by atoms with van der Waals surface area (Å²) in [6.07, 6.45) is 2.59. The number of benzene rings is 1. The zero-order valence-corrected chi connectivity index (χ0v) is 12.0. The molecule has 0 aliphatic carbocycles. The third-order valence-corrected chi connectivity index (χ3v) is 4.42. The molecule has 1 aromatic rings. The molecule has 1 aromatic carbocycles. The van der Waals surface area contributed by atoms with E-state index in [-0.39, 0.29) is 11.8 Å². The summed E-state index contributed by atoms with van der Waals surface area (Å²) in [6.45, 7) is 2.97. The summed E-state index contributed by atoms with van der Waals surface area (Å²) in [5.74, 6) is -0.161. The Balaban J connectivity index is 1.95. The maximum Gasteiger partial charge on any atom is 0.255 e. The molecule has 108 valence electrons. The molecule has 1 N–H and O–H groups in total. The highest BCUT2D eigenvalue weighted by atomic mass is 16.2. The van der Waals surface area contributed by atoms with Crippen molar-refractivity contribution in [3.8, 4) is 6.07 Å². The van der Waals surface area contributed by atoms with Crippen LogP contribution >= 0.6 is 0 Å². The molecule has 1 saturated heterocycles. The number of rotatable bonds is 1. The van der Waals surface area contributed by atoms with Crippen molar-refractivity contribution in [1.82, 2.24) is 10.2 Å². The van der Waals surface area contributed by atoms with E-state index in [1.807, 2.05) is 6.92 Å². The van der Waals surface area contributed by atoms with Crippen LogP contribution < -0.4 is 5.32 Å². The van der Waals surface area contributed by atoms with Crippen LogP contribution in [0.1, 0.15) is 46.3 Å². The van der Waals surface area contributed by atoms with Gasteiger partial charge in [-0.1, -0.05) is 0 Å². The molecular formula is C16H17N3O2. The van der Waals surface area contributed by atoms with Crippen LogP contribution in [0.5, 0.6) is 0 Å². The minimum absolute atomic E-state index is 0.0631. The maximum atomic E-state index is 12.6. The van der Waals surface area contributed by atoms with Gasteiger partial charge in [0.25, 0.3) is 5.91 Å². The number of fused-ring (bicyclic) bond motifs is 1. The predicted molar refractivity (Wildman–Crippen MR) is 76.4 cm³/mol. The number of amides is 2. The lowest BCUT2D eigenvalue weighted by Crippen LogP contribution is -2.45. The topological polar surface area (TPSA) is 73.2 Å². The SMILES string of the molecule is Cc1c(C#N)ccc2c1CN([C@H]1CCCCNC1=O)C2=O. The molecule has 2 aliphatic heterocycles. The fraction of sp³-hybridized carbons (Fsp3) is 0.438. The second-order valence-corrected chi connectivity index (χ2v) is 5.61. The third kappa shape index (κ3) is 2.17. The molecule has 2 heterocycles. The van der Waals surface area contributed by atoms with E-state index in [4.69, 9.17) is 5.26 Å². The Kier molecular flexibility index (Phi) is 3.38. The fourth-order valence-corrected chi connectivity index (χ4v) is 3.15. The van der Waals surface area contributed by atoms with E-state index in [2.05, 4.69) is 11.4 Å². The van der Waals surface area contributed by atoms with Crippen LogP contribution in [0, 0.1) is 18.3 Å². The van der Waals surface area contributed by atoms with Gasteiger partial charge in [0.05, 0.1) is 11.6 Å². The number of nitrogens with one attached hydrogen (secondary N) is 1. The minimum Gasteiger partial charge on any atom is -0.354 e. The van der Waals surface area contributed by atoms with Crippen molar-refractivity contribution >= 4 is 11.8 Å². The van der Waals surface area contributed by atoms with E-state index in [1.165, 1.54) is 0 Å². The van der Waals surface area contributed by atoms with Crippen molar-refractivity contribution in [1.29, 1.82) is 5.26 Å². The van der Waals surface area contributed by atoms with Crippen LogP contribution in [0.25, 0.3) is 0 Å². The standard InChI is InChI=1S/C16H17N3O2/c1-10-11(8-17)5-6-12-13(10)9-19(16(12)21)14-4-2-3-7-18-15(14)20/h5-6,14H,2-4,7,9H2,1H3,(H,18,20)/t14-/m0/s1. The van der Waals surface area contributed by atoms with E-state index >= 15 is 0 Å². The molecule has 2 amide bonds. The van der Waals surface area contributed by atoms with Crippen LogP contribution in [0.3, 0.4) is 0 Å². The predicted octanol–water partition coefficient (Wildman–Crippen LogP) is 1.49. The van der Waals surface area contributed by atoms with Gasteiger partial charge in [-0.3, -0.25) is 9.59 Å². The summed E-state index contributed by atoms with van der Waals surface area (Å²) in [6, 6.07) is 5.14. The van der Waals surface area contributed by atoms with Crippen molar-refractivity contribution in [2.45, 2.75) is 38.8 Å². The van der Waals surface area contributed by atoms with Crippen molar-refractivity contribution in [3.05, 3.63) is 34.4 Å². The Hall–Kier alpha value is -2.35. The van der Waals surface area contributed by atoms with Crippen molar-refractivity contribution < 1.29 is 9.59 Å². The fourth-order valence-electron chi connectivity index (χ4n) is 3.15. The summed E-state index contributed by atoms with van der Waals surface area (Å²) in [7, 11) is 0. The number of hydrogen-bond donors (Lipinski definition) is 1. The lowest BCUT2D eigenvalue weighted by atomic mass is 9.99. The highest BCUT2D eigenvalue weighted by Crippen LogP contribution is 2.30. The lowest BCUT2D eigenvalue weighted by molar-refractivity contribution is -0.125. The largest absolute Gasteiger partial charge is 0.354 e. The van der Waals surface area contributed by atoms with E-state index in [0.717, 1.165) is 24.0 Å². The number of nitrogens with zero attached hydrogens (tertiary/aromatic N) is 2. The molecule has 0 aromatic heterocycles. The smallest absolute Gasteiger partial charge is 0.255 e. The molecule has 1 fully saturated rings. The first kappa shape index (κ1) is 13.6. The molecule has 0 unspecified atom stereocenters. The molecule has 0 spiro atoms. The number of nitriles is 1. The van der Waals surface area contributed by atoms with Crippen LogP contribution in [0.15, 0.2) is 12.1 Å². The molecule has 21 heavy (non-hydrogen) atoms. The van der Waals surface area contributed by atoms with Crippen LogP contribution in [0.4, 0.5) is 0 Å². The quantitative estimate of drug-likeness (QED) is 0.848. The maximum absolute atomic E-state index is 12.6. The van der Waals surface area contributed by atoms with Gasteiger partial charge in [-0.05, 0) is 49.4 Å². The first-order chi connectivity index (χ1) is 10.1. The Morgan fingerprint density at radius 2 is 2.14 bits per heavy atom. The van der Waals surface area contributed by atoms with Gasteiger partial charge in [0, 0.05) is 18.7 Å². The number of carbonyl (C=O) groups excluding carboxylic acids is 2. The molecule has 2 aliphatic rings. The highest BCUT2D eigenvalue weighted by molar-refractivity contribution is 6.01. The highest BCUT2D eigenvalue weighted by Gasteiger charge is 2.37. The van der Waals surface area contributed by atoms with Crippen LogP contribution in [-0.2, 0) is 11.3 Å². The van der Waals surface area contributed by atoms with Crippen molar-refractivity contribution in [3.63, 3.8) is 0 Å². The van der Waals surface area contributed by atoms with Gasteiger partial charge in [-0.2, -0.15) is 5.26 Å². The third-order valence-electron chi connectivity index (χ3n) is 4.42. The Labute approximate surface area is 123 Å². The normalized spacial score (nSPS) is 21.5. The second kappa shape index (κ2) is 5.21. The first-order valence-electron chi connectivity index (χ1n) is 7.24. The summed E-state index contributed by atoms with van der Waals surface area (Å²) < 4.78 is 0. The van der Waals surface area contributed by atoms with E-state index < -0.39 is 6.04 Å². The molecule has 0 bridgehead atoms. The zero-order chi connectivity index (χ0) is 15.0. The van der Waals surface area contributed by atoms with Gasteiger partial charge in [0.15, 0.2) is 0 Å². The molecule has 5 nitrogen and oxygen atoms in total. The van der Waals surface area contributed by atoms with Gasteiger partial charge < -0.3 is 10.2 Å². The van der Waals surface area contributed by atoms with E-state index in [1.54, 1.807) is 17.0 Å². The van der Waals surface area contributed by atoms with Gasteiger partial charge in [0.2, 0.25) is 5.91 Å². The molecule has 0 radical (unpaired) electrons. The molecule has 3 rings (SSSR count). The molecule has 5 heteroatoms. The van der Waals surface area contributed by atoms with Gasteiger partial charge in [0.1, 0.15) is 6.04 Å². The summed E-state index contributed by atoms with van der Waals surface area (Å²) in [5, 5.41) is 12.0. The van der Waals surface area contributed by atoms with E-state index in [0.29, 0.717) is 30.6 Å². The number of carbonyl (C=O) groups is 2. The van der Waals surface area contributed by atoms with Gasteiger partial charge in [-0.15, -0.1) is 0 Å². The molecule has 1 atom stereocenters. The van der Waals surface area contributed by atoms with Crippen LogP contribution in [0.2, 0.25) is 0 Å². The number of hydrogen-bond acceptors (Lipinski definition) is 3. The average Bonchev–Trinajstić information content (AvgIpc) is 2.67. The lowest BCUT2D eigenvalue weighted by Gasteiger charge is -2.25. The Morgan fingerprint density at radius 1 is 1.33 bits per heavy atom. The van der Waals surface area contributed by atoms with Crippen molar-refractivity contribution in [2.24, 2.45) is 0 Å². The summed E-state index contributed by atoms with van der Waals surface area (Å²) in [5.41, 5.74) is 2.95. The summed E-state index contributed by atoms with van der Waals surface area (Å²) >= 11 is 0. The second-order valence-electron chi connectivity index (χ2n) is 5.61. The van der Waals surface area contributed by atoms with Crippen LogP contribution in [-0.4, -0.2) is 29.3 Å². The van der Waals surface area contributed by atoms with E-state index in [9.17, 15) is 9.59 Å². The zero-order valence-electron chi connectivity index (χ0n) is 12.0. The summed E-state index contributed by atoms with van der Waals surface area (Å²) in [4.78, 5) is 26.4. The molecule has 0 saturated carbocycles.